The van der Waals surface area contributed by atoms with Crippen molar-refractivity contribution in [3.8, 4) is 5.75 Å². The molecule has 0 saturated heterocycles. The molecule has 1 atom stereocenters. The first kappa shape index (κ1) is 17.1. The van der Waals surface area contributed by atoms with Crippen LogP contribution >= 0.6 is 15.9 Å². The predicted octanol–water partition coefficient (Wildman–Crippen LogP) is 4.23. The Kier molecular flexibility index (Phi) is 4.96. The van der Waals surface area contributed by atoms with Crippen molar-refractivity contribution in [2.45, 2.75) is 18.5 Å². The van der Waals surface area contributed by atoms with Gasteiger partial charge in [0.2, 0.25) is 0 Å². The Hall–Kier alpha value is -0.960. The molecule has 0 bridgehead atoms. The number of methoxy groups -OCH3 is 1. The molecule has 1 aromatic carbocycles. The molecule has 0 aliphatic heterocycles. The highest BCUT2D eigenvalue weighted by molar-refractivity contribution is 9.10. The summed E-state index contributed by atoms with van der Waals surface area (Å²) in [4.78, 5) is 0. The first-order chi connectivity index (χ1) is 8.98. The molecule has 0 aliphatic rings. The molecule has 20 heavy (non-hydrogen) atoms. The van der Waals surface area contributed by atoms with Gasteiger partial charge < -0.3 is 9.84 Å². The first-order valence-electron chi connectivity index (χ1n) is 5.13. The molecular weight excluding hydrogens is 358 g/mol. The molecule has 0 spiro atoms. The van der Waals surface area contributed by atoms with Gasteiger partial charge in [-0.3, -0.25) is 0 Å². The fraction of sp³-hybridized carbons (Fsp3) is 0.455. The number of hydrogen-bond acceptors (Lipinski definition) is 2. The predicted molar refractivity (Wildman–Crippen MR) is 61.3 cm³/mol. The minimum atomic E-state index is -5.61. The van der Waals surface area contributed by atoms with Gasteiger partial charge in [-0.05, 0) is 33.6 Å². The van der Waals surface area contributed by atoms with Gasteiger partial charge in [-0.15, -0.1) is 0 Å². The number of benzene rings is 1. The zero-order valence-electron chi connectivity index (χ0n) is 9.89. The summed E-state index contributed by atoms with van der Waals surface area (Å²) in [5.41, 5.74) is -0.516. The summed E-state index contributed by atoms with van der Waals surface area (Å²) in [6.07, 6.45) is -14.0. The molecule has 0 saturated carbocycles. The average molecular weight is 367 g/mol. The van der Waals surface area contributed by atoms with Crippen LogP contribution in [0.3, 0.4) is 0 Å². The molecule has 1 unspecified atom stereocenters. The molecule has 1 rings (SSSR count). The Morgan fingerprint density at radius 1 is 1.10 bits per heavy atom. The van der Waals surface area contributed by atoms with Gasteiger partial charge in [0.15, 0.2) is 5.92 Å². The van der Waals surface area contributed by atoms with Gasteiger partial charge in [-0.2, -0.15) is 26.3 Å². The quantitative estimate of drug-likeness (QED) is 0.811. The second kappa shape index (κ2) is 5.80. The Labute approximate surface area is 118 Å². The lowest BCUT2D eigenvalue weighted by Crippen LogP contribution is -2.40. The summed E-state index contributed by atoms with van der Waals surface area (Å²) in [5.74, 6) is -3.63. The summed E-state index contributed by atoms with van der Waals surface area (Å²) in [5, 5.41) is 9.44. The molecule has 1 aromatic rings. The van der Waals surface area contributed by atoms with E-state index in [9.17, 15) is 31.4 Å². The molecular formula is C11H9BrF6O2. The van der Waals surface area contributed by atoms with Crippen LogP contribution in [0.2, 0.25) is 0 Å². The molecule has 1 N–H and O–H groups in total. The summed E-state index contributed by atoms with van der Waals surface area (Å²) >= 11 is 2.93. The minimum Gasteiger partial charge on any atom is -0.496 e. The van der Waals surface area contributed by atoms with Crippen LogP contribution in [0.25, 0.3) is 0 Å². The molecule has 0 fully saturated rings. The van der Waals surface area contributed by atoms with Crippen molar-refractivity contribution in [3.63, 3.8) is 0 Å². The van der Waals surface area contributed by atoms with E-state index < -0.39 is 29.9 Å². The zero-order valence-corrected chi connectivity index (χ0v) is 11.5. The highest BCUT2D eigenvalue weighted by atomic mass is 79.9. The third-order valence-corrected chi connectivity index (χ3v) is 3.16. The largest absolute Gasteiger partial charge is 0.496 e. The topological polar surface area (TPSA) is 29.5 Å². The van der Waals surface area contributed by atoms with Crippen LogP contribution in [0.1, 0.15) is 11.7 Å². The van der Waals surface area contributed by atoms with Gasteiger partial charge in [0.1, 0.15) is 5.75 Å². The highest BCUT2D eigenvalue weighted by Gasteiger charge is 2.60. The van der Waals surface area contributed by atoms with Gasteiger partial charge in [0, 0.05) is 0 Å². The summed E-state index contributed by atoms with van der Waals surface area (Å²) < 4.78 is 79.8. The Morgan fingerprint density at radius 2 is 1.60 bits per heavy atom. The number of ether oxygens (including phenoxy) is 1. The maximum atomic E-state index is 12.5. The maximum absolute atomic E-state index is 12.5. The Bertz CT molecular complexity index is 457. The van der Waals surface area contributed by atoms with Crippen molar-refractivity contribution in [3.05, 3.63) is 28.2 Å². The Balaban J connectivity index is 3.20. The Morgan fingerprint density at radius 3 is 1.95 bits per heavy atom. The molecule has 2 nitrogen and oxygen atoms in total. The van der Waals surface area contributed by atoms with E-state index in [1.165, 1.54) is 7.11 Å². The van der Waals surface area contributed by atoms with Crippen molar-refractivity contribution in [2.24, 2.45) is 5.92 Å². The fourth-order valence-electron chi connectivity index (χ4n) is 1.60. The number of alkyl halides is 6. The third kappa shape index (κ3) is 3.78. The van der Waals surface area contributed by atoms with Crippen LogP contribution in [-0.2, 0) is 0 Å². The van der Waals surface area contributed by atoms with E-state index in [1.807, 2.05) is 0 Å². The standard InChI is InChI=1S/C11H9BrF6O2/c1-20-7-3-2-5(4-6(7)12)8(19)9(10(13,14)15)11(16,17)18/h2-4,8-9,19H,1H3. The smallest absolute Gasteiger partial charge is 0.403 e. The van der Waals surface area contributed by atoms with Crippen LogP contribution in [0, 0.1) is 5.92 Å². The second-order valence-electron chi connectivity index (χ2n) is 3.90. The van der Waals surface area contributed by atoms with Crippen LogP contribution in [0.15, 0.2) is 22.7 Å². The number of rotatable bonds is 3. The summed E-state index contributed by atoms with van der Waals surface area (Å²) in [6.45, 7) is 0. The van der Waals surface area contributed by atoms with Crippen molar-refractivity contribution >= 4 is 15.9 Å². The van der Waals surface area contributed by atoms with Crippen molar-refractivity contribution < 1.29 is 36.2 Å². The van der Waals surface area contributed by atoms with E-state index in [2.05, 4.69) is 15.9 Å². The van der Waals surface area contributed by atoms with Gasteiger partial charge in [-0.25, -0.2) is 0 Å². The van der Waals surface area contributed by atoms with Gasteiger partial charge in [0.05, 0.1) is 17.7 Å². The van der Waals surface area contributed by atoms with Crippen LogP contribution in [0.4, 0.5) is 26.3 Å². The summed E-state index contributed by atoms with van der Waals surface area (Å²) in [6, 6.07) is 3.05. The molecule has 0 aliphatic carbocycles. The number of aliphatic hydroxyl groups is 1. The molecule has 0 radical (unpaired) electrons. The average Bonchev–Trinajstić information content (AvgIpc) is 2.24. The third-order valence-electron chi connectivity index (χ3n) is 2.54. The van der Waals surface area contributed by atoms with E-state index >= 15 is 0 Å². The van der Waals surface area contributed by atoms with Crippen molar-refractivity contribution in [1.82, 2.24) is 0 Å². The SMILES string of the molecule is COc1ccc(C(O)C(C(F)(F)F)C(F)(F)F)cc1Br. The van der Waals surface area contributed by atoms with E-state index in [0.29, 0.717) is 0 Å². The monoisotopic (exact) mass is 366 g/mol. The van der Waals surface area contributed by atoms with E-state index in [0.717, 1.165) is 18.2 Å². The van der Waals surface area contributed by atoms with Gasteiger partial charge in [0.25, 0.3) is 0 Å². The van der Waals surface area contributed by atoms with Crippen LogP contribution in [-0.4, -0.2) is 24.6 Å². The molecule has 0 aromatic heterocycles. The van der Waals surface area contributed by atoms with Crippen molar-refractivity contribution in [2.75, 3.05) is 7.11 Å². The van der Waals surface area contributed by atoms with Gasteiger partial charge >= 0.3 is 12.4 Å². The molecule has 0 heterocycles. The highest BCUT2D eigenvalue weighted by Crippen LogP contribution is 2.47. The number of aliphatic hydroxyl groups excluding tert-OH is 1. The van der Waals surface area contributed by atoms with Crippen molar-refractivity contribution in [1.29, 1.82) is 0 Å². The second-order valence-corrected chi connectivity index (χ2v) is 4.75. The molecule has 114 valence electrons. The first-order valence-corrected chi connectivity index (χ1v) is 5.92. The van der Waals surface area contributed by atoms with Crippen LogP contribution in [0.5, 0.6) is 5.75 Å². The fourth-order valence-corrected chi connectivity index (χ4v) is 2.16. The van der Waals surface area contributed by atoms with E-state index in [1.54, 1.807) is 0 Å². The van der Waals surface area contributed by atoms with E-state index in [4.69, 9.17) is 4.74 Å². The lowest BCUT2D eigenvalue weighted by molar-refractivity contribution is -0.307. The molecule has 9 heteroatoms. The molecule has 0 amide bonds. The number of hydrogen-bond donors (Lipinski definition) is 1. The number of halogens is 7. The lowest BCUT2D eigenvalue weighted by Gasteiger charge is -2.27. The lowest BCUT2D eigenvalue weighted by atomic mass is 9.94. The normalized spacial score (nSPS) is 14.5. The summed E-state index contributed by atoms with van der Waals surface area (Å²) in [7, 11) is 1.28. The zero-order chi connectivity index (χ0) is 15.7. The minimum absolute atomic E-state index is 0.139. The maximum Gasteiger partial charge on any atom is 0.403 e. The van der Waals surface area contributed by atoms with Crippen LogP contribution < -0.4 is 4.74 Å². The van der Waals surface area contributed by atoms with Gasteiger partial charge in [-0.1, -0.05) is 6.07 Å². The van der Waals surface area contributed by atoms with E-state index in [-0.39, 0.29) is 10.2 Å².